The molecule has 0 bridgehead atoms. The van der Waals surface area contributed by atoms with E-state index >= 15 is 0 Å². The Morgan fingerprint density at radius 3 is 2.75 bits per heavy atom. The van der Waals surface area contributed by atoms with Crippen molar-refractivity contribution >= 4 is 27.8 Å². The highest BCUT2D eigenvalue weighted by Crippen LogP contribution is 2.41. The maximum absolute atomic E-state index is 13.5. The second kappa shape index (κ2) is 9.49. The Labute approximate surface area is 194 Å². The molecule has 1 saturated heterocycles. The number of aliphatic imine (C=N–C) groups is 1. The number of anilines is 1. The molecule has 3 atom stereocenters. The molecule has 32 heavy (non-hydrogen) atoms. The highest BCUT2D eigenvalue weighted by atomic mass is 79.9. The Bertz CT molecular complexity index is 974. The van der Waals surface area contributed by atoms with Crippen LogP contribution in [0.2, 0.25) is 0 Å². The van der Waals surface area contributed by atoms with Gasteiger partial charge < -0.3 is 10.5 Å². The smallest absolute Gasteiger partial charge is 0.398 e. The van der Waals surface area contributed by atoms with Gasteiger partial charge in [-0.15, -0.1) is 0 Å². The van der Waals surface area contributed by atoms with Crippen molar-refractivity contribution in [2.45, 2.75) is 57.1 Å². The van der Waals surface area contributed by atoms with Crippen LogP contribution in [0.1, 0.15) is 54.6 Å². The fourth-order valence-electron chi connectivity index (χ4n) is 4.51. The average molecular weight is 511 g/mol. The second-order valence-corrected chi connectivity index (χ2v) is 9.30. The summed E-state index contributed by atoms with van der Waals surface area (Å²) in [6.45, 7) is 1.49. The zero-order chi connectivity index (χ0) is 22.9. The Morgan fingerprint density at radius 1 is 1.28 bits per heavy atom. The number of nitrogens with two attached hydrogens (primary N) is 1. The van der Waals surface area contributed by atoms with E-state index in [4.69, 9.17) is 10.5 Å². The highest BCUT2D eigenvalue weighted by molar-refractivity contribution is 9.10. The largest absolute Gasteiger partial charge is 0.401 e. The first-order chi connectivity index (χ1) is 15.2. The summed E-state index contributed by atoms with van der Waals surface area (Å²) in [5.74, 6) is 0. The summed E-state index contributed by atoms with van der Waals surface area (Å²) in [5.41, 5.74) is 9.88. The molecule has 172 valence electrons. The minimum atomic E-state index is -4.32. The Kier molecular flexibility index (Phi) is 6.88. The molecule has 0 spiro atoms. The Morgan fingerprint density at radius 2 is 2.09 bits per heavy atom. The Hall–Kier alpha value is -1.97. The van der Waals surface area contributed by atoms with Crippen molar-refractivity contribution in [2.75, 3.05) is 18.9 Å². The van der Waals surface area contributed by atoms with E-state index in [1.54, 1.807) is 30.6 Å². The normalized spacial score (nSPS) is 24.6. The summed E-state index contributed by atoms with van der Waals surface area (Å²) >= 11 is 3.35. The van der Waals surface area contributed by atoms with Crippen molar-refractivity contribution in [3.05, 3.63) is 57.3 Å². The maximum Gasteiger partial charge on any atom is 0.401 e. The summed E-state index contributed by atoms with van der Waals surface area (Å²) in [4.78, 5) is 10.5. The molecule has 1 fully saturated rings. The summed E-state index contributed by atoms with van der Waals surface area (Å²) in [5, 5.41) is 0. The molecule has 0 aliphatic carbocycles. The van der Waals surface area contributed by atoms with Crippen molar-refractivity contribution in [1.82, 2.24) is 9.88 Å². The lowest BCUT2D eigenvalue weighted by molar-refractivity contribution is -0.155. The van der Waals surface area contributed by atoms with Gasteiger partial charge in [-0.05, 0) is 77.9 Å². The van der Waals surface area contributed by atoms with Gasteiger partial charge >= 0.3 is 6.18 Å². The number of pyridine rings is 1. The monoisotopic (exact) mass is 510 g/mol. The van der Waals surface area contributed by atoms with Gasteiger partial charge in [-0.1, -0.05) is 6.07 Å². The van der Waals surface area contributed by atoms with Crippen LogP contribution in [0.5, 0.6) is 0 Å². The molecular weight excluding hydrogens is 485 g/mol. The number of halogens is 4. The van der Waals surface area contributed by atoms with Gasteiger partial charge in [-0.25, -0.2) is 0 Å². The summed E-state index contributed by atoms with van der Waals surface area (Å²) < 4.78 is 46.9. The zero-order valence-corrected chi connectivity index (χ0v) is 19.4. The van der Waals surface area contributed by atoms with Gasteiger partial charge in [0, 0.05) is 40.8 Å². The highest BCUT2D eigenvalue weighted by Gasteiger charge is 2.41. The third-order valence-corrected chi connectivity index (χ3v) is 6.51. The number of nitrogens with zero attached hydrogens (tertiary/aromatic N) is 3. The van der Waals surface area contributed by atoms with Crippen molar-refractivity contribution in [2.24, 2.45) is 4.99 Å². The summed E-state index contributed by atoms with van der Waals surface area (Å²) in [6, 6.07) is 6.13. The van der Waals surface area contributed by atoms with Crippen molar-refractivity contribution in [3.63, 3.8) is 0 Å². The number of aromatic nitrogens is 1. The molecule has 0 amide bonds. The van der Waals surface area contributed by atoms with E-state index in [1.807, 2.05) is 13.0 Å². The van der Waals surface area contributed by atoms with Crippen LogP contribution < -0.4 is 5.73 Å². The van der Waals surface area contributed by atoms with E-state index in [0.717, 1.165) is 40.4 Å². The van der Waals surface area contributed by atoms with Gasteiger partial charge in [-0.2, -0.15) is 13.2 Å². The zero-order valence-electron chi connectivity index (χ0n) is 17.8. The van der Waals surface area contributed by atoms with Crippen LogP contribution in [0.15, 0.2) is 39.9 Å². The maximum atomic E-state index is 13.5. The summed E-state index contributed by atoms with van der Waals surface area (Å²) in [7, 11) is 0. The molecule has 1 aromatic carbocycles. The predicted molar refractivity (Wildman–Crippen MR) is 122 cm³/mol. The van der Waals surface area contributed by atoms with Gasteiger partial charge in [0.1, 0.15) is 6.23 Å². The second-order valence-electron chi connectivity index (χ2n) is 8.38. The first kappa shape index (κ1) is 23.2. The first-order valence-electron chi connectivity index (χ1n) is 10.7. The quantitative estimate of drug-likeness (QED) is 0.449. The molecule has 2 N–H and O–H groups in total. The molecule has 9 heteroatoms. The van der Waals surface area contributed by atoms with Crippen LogP contribution in [0.4, 0.5) is 18.9 Å². The standard InChI is InChI=1S/C23H26BrF3N4O/c1-14-10-17-16(6-7-19(28)18(17)12-30-21-4-2-3-9-32-21)22(31(14)13-23(25,26)27)20-8-5-15(24)11-29-20/h5-8,11-12,14,21-22H,2-4,9-10,13,28H2,1H3/t14-,21?,22+/m1/s1. The molecule has 5 nitrogen and oxygen atoms in total. The summed E-state index contributed by atoms with van der Waals surface area (Å²) in [6.07, 6.45) is 2.21. The van der Waals surface area contributed by atoms with Crippen LogP contribution in [-0.4, -0.2) is 47.7 Å². The van der Waals surface area contributed by atoms with Gasteiger partial charge in [-0.3, -0.25) is 14.9 Å². The molecule has 0 saturated carbocycles. The van der Waals surface area contributed by atoms with Crippen LogP contribution in [0.3, 0.4) is 0 Å². The molecular formula is C23H26BrF3N4O. The van der Waals surface area contributed by atoms with E-state index in [2.05, 4.69) is 25.9 Å². The predicted octanol–water partition coefficient (Wildman–Crippen LogP) is 5.27. The van der Waals surface area contributed by atoms with Gasteiger partial charge in [0.05, 0.1) is 18.3 Å². The van der Waals surface area contributed by atoms with Crippen molar-refractivity contribution in [1.29, 1.82) is 0 Å². The number of hydrogen-bond acceptors (Lipinski definition) is 5. The van der Waals surface area contributed by atoms with E-state index in [9.17, 15) is 13.2 Å². The molecule has 4 rings (SSSR count). The number of fused-ring (bicyclic) bond motifs is 1. The first-order valence-corrected chi connectivity index (χ1v) is 11.5. The van der Waals surface area contributed by atoms with Crippen molar-refractivity contribution in [3.8, 4) is 0 Å². The lowest BCUT2D eigenvalue weighted by atomic mass is 9.83. The fraction of sp³-hybridized carbons (Fsp3) is 0.478. The lowest BCUT2D eigenvalue weighted by Gasteiger charge is -2.42. The average Bonchev–Trinajstić information content (AvgIpc) is 2.74. The van der Waals surface area contributed by atoms with E-state index in [0.29, 0.717) is 24.4 Å². The third-order valence-electron chi connectivity index (χ3n) is 6.04. The number of nitrogen functional groups attached to an aromatic ring is 1. The SMILES string of the molecule is C[C@@H]1Cc2c(ccc(N)c2C=NC2CCCCO2)[C@@H](c2ccc(Br)cn2)N1CC(F)(F)F. The Balaban J connectivity index is 1.78. The number of hydrogen-bond donors (Lipinski definition) is 1. The number of rotatable bonds is 4. The van der Waals surface area contributed by atoms with Crippen molar-refractivity contribution < 1.29 is 17.9 Å². The van der Waals surface area contributed by atoms with Gasteiger partial charge in [0.2, 0.25) is 0 Å². The van der Waals surface area contributed by atoms with E-state index in [-0.39, 0.29) is 12.3 Å². The van der Waals surface area contributed by atoms with Gasteiger partial charge in [0.15, 0.2) is 0 Å². The minimum absolute atomic E-state index is 0.203. The molecule has 3 heterocycles. The molecule has 2 aromatic rings. The minimum Gasteiger partial charge on any atom is -0.398 e. The number of alkyl halides is 3. The van der Waals surface area contributed by atoms with Crippen LogP contribution in [0.25, 0.3) is 0 Å². The van der Waals surface area contributed by atoms with Crippen LogP contribution in [0, 0.1) is 0 Å². The molecule has 2 aliphatic heterocycles. The molecule has 1 unspecified atom stereocenters. The topological polar surface area (TPSA) is 63.7 Å². The molecule has 0 radical (unpaired) electrons. The van der Waals surface area contributed by atoms with E-state index in [1.165, 1.54) is 4.90 Å². The fourth-order valence-corrected chi connectivity index (χ4v) is 4.75. The lowest BCUT2D eigenvalue weighted by Crippen LogP contribution is -2.47. The van der Waals surface area contributed by atoms with Crippen LogP contribution in [-0.2, 0) is 11.2 Å². The van der Waals surface area contributed by atoms with E-state index < -0.39 is 18.8 Å². The van der Waals surface area contributed by atoms with Crippen LogP contribution >= 0.6 is 15.9 Å². The number of ether oxygens (including phenoxy) is 1. The number of benzene rings is 1. The molecule has 2 aliphatic rings. The van der Waals surface area contributed by atoms with Gasteiger partial charge in [0.25, 0.3) is 0 Å². The molecule has 1 aromatic heterocycles. The third kappa shape index (κ3) is 5.15.